The highest BCUT2D eigenvalue weighted by molar-refractivity contribution is 9.10. The minimum Gasteiger partial charge on any atom is -0.396 e. The molecule has 1 atom stereocenters. The van der Waals surface area contributed by atoms with Crippen molar-refractivity contribution in [1.82, 2.24) is 29.7 Å². The second-order valence-corrected chi connectivity index (χ2v) is 13.2. The van der Waals surface area contributed by atoms with Crippen LogP contribution in [0.3, 0.4) is 0 Å². The Hall–Kier alpha value is -3.60. The van der Waals surface area contributed by atoms with E-state index in [1.807, 2.05) is 63.1 Å². The zero-order chi connectivity index (χ0) is 29.9. The Bertz CT molecular complexity index is 1620. The van der Waals surface area contributed by atoms with Crippen molar-refractivity contribution >= 4 is 27.5 Å². The molecule has 2 aromatic heterocycles. The third-order valence-electron chi connectivity index (χ3n) is 7.77. The maximum Gasteiger partial charge on any atom is 0.257 e. The highest BCUT2D eigenvalue weighted by atomic mass is 79.9. The highest BCUT2D eigenvalue weighted by Crippen LogP contribution is 2.37. The number of halogens is 3. The van der Waals surface area contributed by atoms with E-state index in [1.54, 1.807) is 15.6 Å². The Morgan fingerprint density at radius 1 is 1.15 bits per heavy atom. The molecule has 4 aromatic rings. The van der Waals surface area contributed by atoms with E-state index in [1.165, 1.54) is 0 Å². The van der Waals surface area contributed by atoms with Crippen molar-refractivity contribution in [2.24, 2.45) is 0 Å². The van der Waals surface area contributed by atoms with E-state index in [0.717, 1.165) is 35.9 Å². The number of aromatic nitrogens is 5. The molecule has 2 aromatic carbocycles. The minimum absolute atomic E-state index is 0.107. The Kier molecular flexibility index (Phi) is 7.30. The molecule has 1 saturated heterocycles. The van der Waals surface area contributed by atoms with Crippen molar-refractivity contribution in [2.75, 3.05) is 12.3 Å². The average molecular weight is 627 g/mol. The number of nitrogens with two attached hydrogens (primary N) is 1. The molecule has 11 heteroatoms. The van der Waals surface area contributed by atoms with Crippen molar-refractivity contribution in [2.45, 2.75) is 71.4 Å². The van der Waals surface area contributed by atoms with Crippen LogP contribution in [0, 0.1) is 18.6 Å². The molecule has 0 aliphatic carbocycles. The maximum absolute atomic E-state index is 14.4. The van der Waals surface area contributed by atoms with E-state index in [4.69, 9.17) is 10.8 Å². The van der Waals surface area contributed by atoms with Gasteiger partial charge in [0.25, 0.3) is 5.91 Å². The van der Waals surface area contributed by atoms with E-state index >= 15 is 0 Å². The van der Waals surface area contributed by atoms with Gasteiger partial charge in [-0.25, -0.2) is 18.1 Å². The second-order valence-electron chi connectivity index (χ2n) is 12.4. The summed E-state index contributed by atoms with van der Waals surface area (Å²) in [6, 6.07) is 8.96. The molecule has 2 N–H and O–H groups in total. The van der Waals surface area contributed by atoms with Gasteiger partial charge in [0.2, 0.25) is 0 Å². The molecule has 1 fully saturated rings. The lowest BCUT2D eigenvalue weighted by Gasteiger charge is -2.45. The summed E-state index contributed by atoms with van der Waals surface area (Å²) in [5.74, 6) is -1.77. The van der Waals surface area contributed by atoms with E-state index in [9.17, 15) is 13.6 Å². The standard InChI is InChI=1S/C30H34BrF2N7O/c1-17-7-9-18(10-8-17)39-15-21(27(36-39)29(2,3)4)28(41)38-14-19(11-12-30(38,5)6)40-16-23(35-37-40)20-13-22(32)24(31)25(33)26(20)34/h7-10,13,15-16,19H,11-12,14,34H2,1-6H3. The third kappa shape index (κ3) is 5.39. The average Bonchev–Trinajstić information content (AvgIpc) is 3.58. The first-order valence-electron chi connectivity index (χ1n) is 13.5. The number of benzene rings is 2. The number of piperidine rings is 1. The molecule has 5 rings (SSSR count). The van der Waals surface area contributed by atoms with Crippen LogP contribution in [-0.4, -0.2) is 47.7 Å². The Labute approximate surface area is 246 Å². The molecule has 1 aliphatic rings. The number of anilines is 1. The Morgan fingerprint density at radius 3 is 2.49 bits per heavy atom. The molecule has 0 saturated carbocycles. The first-order valence-corrected chi connectivity index (χ1v) is 14.3. The fourth-order valence-electron chi connectivity index (χ4n) is 5.24. The van der Waals surface area contributed by atoms with Crippen LogP contribution in [0.15, 0.2) is 47.2 Å². The van der Waals surface area contributed by atoms with Crippen molar-refractivity contribution in [3.05, 3.63) is 75.7 Å². The van der Waals surface area contributed by atoms with Crippen LogP contribution in [0.4, 0.5) is 14.5 Å². The highest BCUT2D eigenvalue weighted by Gasteiger charge is 2.41. The van der Waals surface area contributed by atoms with Crippen LogP contribution in [0.2, 0.25) is 0 Å². The summed E-state index contributed by atoms with van der Waals surface area (Å²) < 4.78 is 31.8. The maximum atomic E-state index is 14.4. The molecule has 0 bridgehead atoms. The summed E-state index contributed by atoms with van der Waals surface area (Å²) in [6.07, 6.45) is 4.91. The van der Waals surface area contributed by atoms with Gasteiger partial charge in [-0.1, -0.05) is 43.7 Å². The van der Waals surface area contributed by atoms with E-state index in [-0.39, 0.29) is 38.8 Å². The molecule has 1 aliphatic heterocycles. The fraction of sp³-hybridized carbons (Fsp3) is 0.400. The number of hydrogen-bond donors (Lipinski definition) is 1. The van der Waals surface area contributed by atoms with E-state index < -0.39 is 17.2 Å². The van der Waals surface area contributed by atoms with Crippen molar-refractivity contribution in [3.63, 3.8) is 0 Å². The largest absolute Gasteiger partial charge is 0.396 e. The molecule has 216 valence electrons. The fourth-order valence-corrected chi connectivity index (χ4v) is 5.56. The number of nitrogen functional groups attached to an aromatic ring is 1. The lowest BCUT2D eigenvalue weighted by Crippen LogP contribution is -2.53. The van der Waals surface area contributed by atoms with Gasteiger partial charge in [-0.15, -0.1) is 5.10 Å². The minimum atomic E-state index is -0.883. The quantitative estimate of drug-likeness (QED) is 0.203. The van der Waals surface area contributed by atoms with Crippen LogP contribution in [0.1, 0.15) is 75.1 Å². The van der Waals surface area contributed by atoms with Gasteiger partial charge in [-0.05, 0) is 67.7 Å². The molecule has 0 radical (unpaired) electrons. The Morgan fingerprint density at radius 2 is 1.83 bits per heavy atom. The predicted octanol–water partition coefficient (Wildman–Crippen LogP) is 6.62. The summed E-state index contributed by atoms with van der Waals surface area (Å²) in [6.45, 7) is 12.7. The van der Waals surface area contributed by atoms with Gasteiger partial charge in [-0.2, -0.15) is 5.10 Å². The zero-order valence-corrected chi connectivity index (χ0v) is 25.6. The van der Waals surface area contributed by atoms with Crippen molar-refractivity contribution in [1.29, 1.82) is 0 Å². The summed E-state index contributed by atoms with van der Waals surface area (Å²) in [5.41, 5.74) is 8.60. The summed E-state index contributed by atoms with van der Waals surface area (Å²) in [5, 5.41) is 13.3. The first-order chi connectivity index (χ1) is 19.2. The molecule has 1 amide bonds. The third-order valence-corrected chi connectivity index (χ3v) is 8.50. The molecule has 0 spiro atoms. The van der Waals surface area contributed by atoms with Gasteiger partial charge in [0.1, 0.15) is 11.5 Å². The number of likely N-dealkylation sites (tertiary alicyclic amines) is 1. The Balaban J connectivity index is 1.47. The number of carbonyl (C=O) groups excluding carboxylic acids is 1. The molecule has 3 heterocycles. The zero-order valence-electron chi connectivity index (χ0n) is 24.0. The lowest BCUT2D eigenvalue weighted by atomic mass is 9.85. The molecule has 1 unspecified atom stereocenters. The van der Waals surface area contributed by atoms with Crippen LogP contribution in [0.5, 0.6) is 0 Å². The van der Waals surface area contributed by atoms with E-state index in [2.05, 4.69) is 40.1 Å². The van der Waals surface area contributed by atoms with Crippen LogP contribution >= 0.6 is 15.9 Å². The number of nitrogens with zero attached hydrogens (tertiary/aromatic N) is 6. The van der Waals surface area contributed by atoms with Gasteiger partial charge >= 0.3 is 0 Å². The number of carbonyl (C=O) groups is 1. The van der Waals surface area contributed by atoms with Crippen molar-refractivity contribution in [3.8, 4) is 16.9 Å². The predicted molar refractivity (Wildman–Crippen MR) is 158 cm³/mol. The topological polar surface area (TPSA) is 94.9 Å². The normalized spacial score (nSPS) is 17.2. The molecular formula is C30H34BrF2N7O. The monoisotopic (exact) mass is 625 g/mol. The van der Waals surface area contributed by atoms with Gasteiger partial charge in [0.05, 0.1) is 39.3 Å². The van der Waals surface area contributed by atoms with Gasteiger partial charge in [0, 0.05) is 29.3 Å². The van der Waals surface area contributed by atoms with Crippen LogP contribution in [0.25, 0.3) is 16.9 Å². The van der Waals surface area contributed by atoms with Crippen LogP contribution in [-0.2, 0) is 5.41 Å². The first kappa shape index (κ1) is 28.9. The molecular weight excluding hydrogens is 592 g/mol. The lowest BCUT2D eigenvalue weighted by molar-refractivity contribution is 0.0306. The summed E-state index contributed by atoms with van der Waals surface area (Å²) >= 11 is 2.87. The van der Waals surface area contributed by atoms with Crippen LogP contribution < -0.4 is 5.73 Å². The number of hydrogen-bond acceptors (Lipinski definition) is 5. The molecule has 41 heavy (non-hydrogen) atoms. The van der Waals surface area contributed by atoms with Crippen molar-refractivity contribution < 1.29 is 13.6 Å². The number of rotatable bonds is 4. The van der Waals surface area contributed by atoms with Gasteiger partial charge in [0.15, 0.2) is 5.82 Å². The molecule has 8 nitrogen and oxygen atoms in total. The summed E-state index contributed by atoms with van der Waals surface area (Å²) in [4.78, 5) is 16.1. The van der Waals surface area contributed by atoms with E-state index in [0.29, 0.717) is 12.1 Å². The SMILES string of the molecule is Cc1ccc(-n2cc(C(=O)N3CC(n4cc(-c5cc(F)c(Br)c(F)c5N)nn4)CCC3(C)C)c(C(C)(C)C)n2)cc1. The van der Waals surface area contributed by atoms with Gasteiger partial charge < -0.3 is 10.6 Å². The number of aryl methyl sites for hydroxylation is 1. The smallest absolute Gasteiger partial charge is 0.257 e. The summed E-state index contributed by atoms with van der Waals surface area (Å²) in [7, 11) is 0. The van der Waals surface area contributed by atoms with Gasteiger partial charge in [-0.3, -0.25) is 4.79 Å². The number of amides is 1. The second kappa shape index (κ2) is 10.3.